The summed E-state index contributed by atoms with van der Waals surface area (Å²) in [5, 5.41) is 20.3. The number of aryl methyl sites for hydroxylation is 1. The van der Waals surface area contributed by atoms with Gasteiger partial charge in [0.2, 0.25) is 0 Å². The van der Waals surface area contributed by atoms with E-state index in [2.05, 4.69) is 0 Å². The largest absolute Gasteiger partial charge is 0.394 e. The van der Waals surface area contributed by atoms with Gasteiger partial charge >= 0.3 is 0 Å². The third kappa shape index (κ3) is 2.44. The molecule has 0 aromatic heterocycles. The van der Waals surface area contributed by atoms with Gasteiger partial charge in [-0.1, -0.05) is 12.1 Å². The minimum absolute atomic E-state index is 0.106. The molecular weight excluding hydrogens is 248 g/mol. The summed E-state index contributed by atoms with van der Waals surface area (Å²) in [7, 11) is 0. The smallest absolute Gasteiger partial charge is 0.282 e. The van der Waals surface area contributed by atoms with Crippen LogP contribution in [-0.4, -0.2) is 40.0 Å². The number of aliphatic hydroxyl groups is 1. The van der Waals surface area contributed by atoms with Crippen molar-refractivity contribution in [2.24, 2.45) is 0 Å². The summed E-state index contributed by atoms with van der Waals surface area (Å²) in [5.41, 5.74) is 0.546. The third-order valence-corrected chi connectivity index (χ3v) is 3.51. The molecule has 1 heterocycles. The maximum atomic E-state index is 12.5. The summed E-state index contributed by atoms with van der Waals surface area (Å²) < 4.78 is 0. The molecule has 0 aliphatic carbocycles. The first-order chi connectivity index (χ1) is 9.06. The highest BCUT2D eigenvalue weighted by atomic mass is 16.6. The minimum Gasteiger partial charge on any atom is -0.394 e. The zero-order valence-corrected chi connectivity index (χ0v) is 10.7. The maximum Gasteiger partial charge on any atom is 0.282 e. The number of nitro benzene ring substituents is 1. The van der Waals surface area contributed by atoms with Crippen LogP contribution in [0.2, 0.25) is 0 Å². The van der Waals surface area contributed by atoms with Crippen LogP contribution in [-0.2, 0) is 0 Å². The Morgan fingerprint density at radius 2 is 2.32 bits per heavy atom. The molecule has 1 atom stereocenters. The molecule has 0 radical (unpaired) electrons. The van der Waals surface area contributed by atoms with Crippen LogP contribution in [0.5, 0.6) is 0 Å². The second-order valence-electron chi connectivity index (χ2n) is 4.70. The molecular formula is C13H16N2O4. The first kappa shape index (κ1) is 13.5. The molecule has 1 amide bonds. The molecule has 1 fully saturated rings. The topological polar surface area (TPSA) is 83.7 Å². The number of hydrogen-bond donors (Lipinski definition) is 1. The van der Waals surface area contributed by atoms with Crippen molar-refractivity contribution in [1.29, 1.82) is 0 Å². The van der Waals surface area contributed by atoms with Gasteiger partial charge in [0, 0.05) is 12.6 Å². The SMILES string of the molecule is Cc1cccc([N+](=O)[O-])c1C(=O)N1CCC[C@H]1CO. The van der Waals surface area contributed by atoms with E-state index in [4.69, 9.17) is 0 Å². The van der Waals surface area contributed by atoms with E-state index in [1.54, 1.807) is 19.1 Å². The van der Waals surface area contributed by atoms with Crippen molar-refractivity contribution in [3.63, 3.8) is 0 Å². The van der Waals surface area contributed by atoms with Crippen LogP contribution in [0.3, 0.4) is 0 Å². The molecule has 1 aliphatic rings. The lowest BCUT2D eigenvalue weighted by Gasteiger charge is -2.23. The van der Waals surface area contributed by atoms with Crippen molar-refractivity contribution >= 4 is 11.6 Å². The molecule has 2 rings (SSSR count). The van der Waals surface area contributed by atoms with Crippen molar-refractivity contribution in [2.75, 3.05) is 13.2 Å². The number of likely N-dealkylation sites (tertiary alicyclic amines) is 1. The van der Waals surface area contributed by atoms with E-state index in [0.29, 0.717) is 12.1 Å². The quantitative estimate of drug-likeness (QED) is 0.662. The molecule has 0 spiro atoms. The first-order valence-electron chi connectivity index (χ1n) is 6.22. The predicted molar refractivity (Wildman–Crippen MR) is 69.0 cm³/mol. The summed E-state index contributed by atoms with van der Waals surface area (Å²) in [6.45, 7) is 2.12. The van der Waals surface area contributed by atoms with Gasteiger partial charge in [0.15, 0.2) is 0 Å². The molecule has 0 bridgehead atoms. The van der Waals surface area contributed by atoms with Crippen LogP contribution < -0.4 is 0 Å². The van der Waals surface area contributed by atoms with E-state index in [0.717, 1.165) is 12.8 Å². The van der Waals surface area contributed by atoms with E-state index in [1.807, 2.05) is 0 Å². The number of hydrogen-bond acceptors (Lipinski definition) is 4. The molecule has 0 unspecified atom stereocenters. The van der Waals surface area contributed by atoms with Crippen LogP contribution in [0.25, 0.3) is 0 Å². The van der Waals surface area contributed by atoms with Crippen LogP contribution in [0.1, 0.15) is 28.8 Å². The van der Waals surface area contributed by atoms with E-state index in [9.17, 15) is 20.0 Å². The second-order valence-corrected chi connectivity index (χ2v) is 4.70. The summed E-state index contributed by atoms with van der Waals surface area (Å²) in [5.74, 6) is -0.360. The van der Waals surface area contributed by atoms with Gasteiger partial charge in [-0.2, -0.15) is 0 Å². The Balaban J connectivity index is 2.41. The van der Waals surface area contributed by atoms with Gasteiger partial charge in [-0.15, -0.1) is 0 Å². The van der Waals surface area contributed by atoms with Crippen molar-refractivity contribution < 1.29 is 14.8 Å². The monoisotopic (exact) mass is 264 g/mol. The molecule has 19 heavy (non-hydrogen) atoms. The molecule has 1 aromatic rings. The van der Waals surface area contributed by atoms with Gasteiger partial charge in [0.1, 0.15) is 5.56 Å². The third-order valence-electron chi connectivity index (χ3n) is 3.51. The lowest BCUT2D eigenvalue weighted by atomic mass is 10.0. The molecule has 1 N–H and O–H groups in total. The summed E-state index contributed by atoms with van der Waals surface area (Å²) in [6.07, 6.45) is 1.55. The van der Waals surface area contributed by atoms with E-state index >= 15 is 0 Å². The number of rotatable bonds is 3. The Bertz CT molecular complexity index is 515. The maximum absolute atomic E-state index is 12.5. The van der Waals surface area contributed by atoms with E-state index in [1.165, 1.54) is 11.0 Å². The first-order valence-corrected chi connectivity index (χ1v) is 6.22. The second kappa shape index (κ2) is 5.36. The molecule has 1 saturated heterocycles. The molecule has 102 valence electrons. The Kier molecular flexibility index (Phi) is 3.80. The standard InChI is InChI=1S/C13H16N2O4/c1-9-4-2-6-11(15(18)19)12(9)13(17)14-7-3-5-10(14)8-16/h2,4,6,10,16H,3,5,7-8H2,1H3/t10-/m0/s1. The van der Waals surface area contributed by atoms with Crippen LogP contribution >= 0.6 is 0 Å². The molecule has 1 aliphatic heterocycles. The highest BCUT2D eigenvalue weighted by Gasteiger charge is 2.33. The van der Waals surface area contributed by atoms with Crippen LogP contribution in [0.15, 0.2) is 18.2 Å². The van der Waals surface area contributed by atoms with Crippen LogP contribution in [0.4, 0.5) is 5.69 Å². The Morgan fingerprint density at radius 3 is 2.95 bits per heavy atom. The van der Waals surface area contributed by atoms with Crippen molar-refractivity contribution in [3.8, 4) is 0 Å². The van der Waals surface area contributed by atoms with Crippen molar-refractivity contribution in [3.05, 3.63) is 39.4 Å². The van der Waals surface area contributed by atoms with E-state index in [-0.39, 0.29) is 29.8 Å². The van der Waals surface area contributed by atoms with Crippen molar-refractivity contribution in [1.82, 2.24) is 4.90 Å². The number of nitro groups is 1. The van der Waals surface area contributed by atoms with Gasteiger partial charge < -0.3 is 10.0 Å². The van der Waals surface area contributed by atoms with Gasteiger partial charge in [0.05, 0.1) is 17.6 Å². The number of carbonyl (C=O) groups excluding carboxylic acids is 1. The zero-order chi connectivity index (χ0) is 14.0. The number of amides is 1. The van der Waals surface area contributed by atoms with Crippen LogP contribution in [0, 0.1) is 17.0 Å². The van der Waals surface area contributed by atoms with Gasteiger partial charge in [-0.25, -0.2) is 0 Å². The molecule has 0 saturated carbocycles. The highest BCUT2D eigenvalue weighted by Crippen LogP contribution is 2.27. The Labute approximate surface area is 110 Å². The number of aliphatic hydroxyl groups excluding tert-OH is 1. The van der Waals surface area contributed by atoms with Gasteiger partial charge in [-0.3, -0.25) is 14.9 Å². The predicted octanol–water partition coefficient (Wildman–Crippen LogP) is 1.50. The zero-order valence-electron chi connectivity index (χ0n) is 10.7. The highest BCUT2D eigenvalue weighted by molar-refractivity contribution is 5.99. The minimum atomic E-state index is -0.537. The Morgan fingerprint density at radius 1 is 1.58 bits per heavy atom. The summed E-state index contributed by atoms with van der Waals surface area (Å²) in [4.78, 5) is 24.5. The van der Waals surface area contributed by atoms with Gasteiger partial charge in [-0.05, 0) is 25.3 Å². The fourth-order valence-electron chi connectivity index (χ4n) is 2.52. The fourth-order valence-corrected chi connectivity index (χ4v) is 2.52. The van der Waals surface area contributed by atoms with E-state index < -0.39 is 4.92 Å². The average molecular weight is 264 g/mol. The summed E-state index contributed by atoms with van der Waals surface area (Å²) in [6, 6.07) is 4.36. The molecule has 6 heteroatoms. The number of nitrogens with zero attached hydrogens (tertiary/aromatic N) is 2. The normalized spacial score (nSPS) is 18.6. The van der Waals surface area contributed by atoms with Crippen molar-refractivity contribution in [2.45, 2.75) is 25.8 Å². The average Bonchev–Trinajstić information content (AvgIpc) is 2.85. The van der Waals surface area contributed by atoms with Gasteiger partial charge in [0.25, 0.3) is 11.6 Å². The summed E-state index contributed by atoms with van der Waals surface area (Å²) >= 11 is 0. The lowest BCUT2D eigenvalue weighted by Crippen LogP contribution is -2.38. The fraction of sp³-hybridized carbons (Fsp3) is 0.462. The Hall–Kier alpha value is -1.95. The lowest BCUT2D eigenvalue weighted by molar-refractivity contribution is -0.385. The molecule has 1 aromatic carbocycles. The molecule has 6 nitrogen and oxygen atoms in total. The number of benzene rings is 1. The number of carbonyl (C=O) groups is 1.